The predicted octanol–water partition coefficient (Wildman–Crippen LogP) is 6.91. The lowest BCUT2D eigenvalue weighted by Gasteiger charge is -2.27. The molecule has 0 saturated heterocycles. The van der Waals surface area contributed by atoms with Gasteiger partial charge in [-0.05, 0) is 38.3 Å². The summed E-state index contributed by atoms with van der Waals surface area (Å²) in [4.78, 5) is 11.8. The van der Waals surface area contributed by atoms with Crippen LogP contribution in [-0.4, -0.2) is 6.29 Å². The summed E-state index contributed by atoms with van der Waals surface area (Å²) >= 11 is 0. The quantitative estimate of drug-likeness (QED) is 0.461. The summed E-state index contributed by atoms with van der Waals surface area (Å²) in [6.07, 6.45) is 0.975. The summed E-state index contributed by atoms with van der Waals surface area (Å²) in [5.74, 6) is 0. The van der Waals surface area contributed by atoms with Crippen molar-refractivity contribution in [3.63, 3.8) is 0 Å². The van der Waals surface area contributed by atoms with Crippen molar-refractivity contribution >= 4 is 17.1 Å². The van der Waals surface area contributed by atoms with Crippen LogP contribution in [-0.2, 0) is 10.8 Å². The Labute approximate surface area is 157 Å². The van der Waals surface area contributed by atoms with E-state index in [1.54, 1.807) is 0 Å². The molecular formula is C25H28O. The first-order chi connectivity index (χ1) is 12.1. The van der Waals surface area contributed by atoms with Crippen LogP contribution >= 0.6 is 0 Å². The molecule has 26 heavy (non-hydrogen) atoms. The molecule has 0 bridgehead atoms. The van der Waals surface area contributed by atoms with Gasteiger partial charge in [-0.3, -0.25) is 4.79 Å². The van der Waals surface area contributed by atoms with E-state index in [0.717, 1.165) is 33.7 Å². The Bertz CT molecular complexity index is 933. The molecular weight excluding hydrogens is 316 g/mol. The van der Waals surface area contributed by atoms with E-state index in [9.17, 15) is 4.79 Å². The summed E-state index contributed by atoms with van der Waals surface area (Å²) in [6.45, 7) is 13.4. The molecule has 0 heterocycles. The van der Waals surface area contributed by atoms with E-state index in [-0.39, 0.29) is 10.8 Å². The van der Waals surface area contributed by atoms with E-state index < -0.39 is 0 Å². The minimum Gasteiger partial charge on any atom is -0.298 e. The van der Waals surface area contributed by atoms with E-state index in [0.29, 0.717) is 0 Å². The summed E-state index contributed by atoms with van der Waals surface area (Å²) in [7, 11) is 0. The maximum Gasteiger partial charge on any atom is 0.150 e. The summed E-state index contributed by atoms with van der Waals surface area (Å²) < 4.78 is 0. The Balaban J connectivity index is 2.40. The second kappa shape index (κ2) is 6.39. The van der Waals surface area contributed by atoms with Crippen molar-refractivity contribution in [2.24, 2.45) is 0 Å². The van der Waals surface area contributed by atoms with Gasteiger partial charge in [0.2, 0.25) is 0 Å². The van der Waals surface area contributed by atoms with Gasteiger partial charge in [-0.1, -0.05) is 96.1 Å². The van der Waals surface area contributed by atoms with Crippen LogP contribution in [0.15, 0.2) is 54.6 Å². The molecule has 0 atom stereocenters. The van der Waals surface area contributed by atoms with Gasteiger partial charge in [0.25, 0.3) is 0 Å². The molecule has 1 nitrogen and oxygen atoms in total. The summed E-state index contributed by atoms with van der Waals surface area (Å²) in [6, 6.07) is 19.1. The average molecular weight is 344 g/mol. The Morgan fingerprint density at radius 3 is 1.85 bits per heavy atom. The first-order valence-electron chi connectivity index (χ1n) is 9.24. The van der Waals surface area contributed by atoms with Crippen LogP contribution in [0, 0.1) is 0 Å². The number of fused-ring (bicyclic) bond motifs is 1. The minimum atomic E-state index is 0.0436. The van der Waals surface area contributed by atoms with Gasteiger partial charge in [-0.25, -0.2) is 0 Å². The van der Waals surface area contributed by atoms with Crippen molar-refractivity contribution in [2.75, 3.05) is 0 Å². The Kier molecular flexibility index (Phi) is 4.52. The number of aldehydes is 1. The van der Waals surface area contributed by atoms with Crippen LogP contribution in [0.4, 0.5) is 0 Å². The molecule has 1 heteroatoms. The number of carbonyl (C=O) groups excluding carboxylic acids is 1. The molecule has 0 N–H and O–H groups in total. The number of benzene rings is 3. The van der Waals surface area contributed by atoms with Gasteiger partial charge in [0, 0.05) is 11.1 Å². The van der Waals surface area contributed by atoms with Crippen molar-refractivity contribution in [2.45, 2.75) is 52.4 Å². The molecule has 3 aromatic carbocycles. The fourth-order valence-corrected chi connectivity index (χ4v) is 3.35. The topological polar surface area (TPSA) is 17.1 Å². The largest absolute Gasteiger partial charge is 0.298 e. The van der Waals surface area contributed by atoms with Gasteiger partial charge < -0.3 is 0 Å². The van der Waals surface area contributed by atoms with E-state index in [2.05, 4.69) is 71.9 Å². The van der Waals surface area contributed by atoms with Crippen molar-refractivity contribution in [1.82, 2.24) is 0 Å². The molecule has 0 fully saturated rings. The van der Waals surface area contributed by atoms with Crippen LogP contribution in [0.5, 0.6) is 0 Å². The molecule has 0 saturated carbocycles. The molecule has 0 radical (unpaired) electrons. The number of hydrogen-bond acceptors (Lipinski definition) is 1. The van der Waals surface area contributed by atoms with Gasteiger partial charge in [0.05, 0.1) is 0 Å². The molecule has 0 aliphatic carbocycles. The molecule has 0 unspecified atom stereocenters. The van der Waals surface area contributed by atoms with Gasteiger partial charge in [-0.15, -0.1) is 0 Å². The maximum atomic E-state index is 11.8. The highest BCUT2D eigenvalue weighted by Crippen LogP contribution is 2.37. The van der Waals surface area contributed by atoms with Crippen molar-refractivity contribution in [3.05, 3.63) is 71.3 Å². The van der Waals surface area contributed by atoms with Crippen molar-refractivity contribution in [1.29, 1.82) is 0 Å². The molecule has 3 aromatic rings. The van der Waals surface area contributed by atoms with Crippen LogP contribution in [0.1, 0.15) is 63.0 Å². The second-order valence-electron chi connectivity index (χ2n) is 9.17. The Morgan fingerprint density at radius 2 is 1.31 bits per heavy atom. The second-order valence-corrected chi connectivity index (χ2v) is 9.17. The molecule has 134 valence electrons. The minimum absolute atomic E-state index is 0.0436. The highest BCUT2D eigenvalue weighted by Gasteiger charge is 2.22. The maximum absolute atomic E-state index is 11.8. The third-order valence-corrected chi connectivity index (χ3v) is 5.04. The van der Waals surface area contributed by atoms with Gasteiger partial charge in [0.15, 0.2) is 6.29 Å². The highest BCUT2D eigenvalue weighted by molar-refractivity contribution is 6.04. The van der Waals surface area contributed by atoms with Crippen molar-refractivity contribution < 1.29 is 4.79 Å². The van der Waals surface area contributed by atoms with Crippen molar-refractivity contribution in [3.8, 4) is 11.1 Å². The van der Waals surface area contributed by atoms with E-state index in [1.807, 2.05) is 24.3 Å². The summed E-state index contributed by atoms with van der Waals surface area (Å²) in [5.41, 5.74) is 5.59. The molecule has 0 aliphatic heterocycles. The van der Waals surface area contributed by atoms with E-state index in [1.165, 1.54) is 11.1 Å². The number of hydrogen-bond donors (Lipinski definition) is 0. The van der Waals surface area contributed by atoms with Gasteiger partial charge >= 0.3 is 0 Å². The van der Waals surface area contributed by atoms with Crippen LogP contribution in [0.3, 0.4) is 0 Å². The fraction of sp³-hybridized carbons (Fsp3) is 0.320. The third kappa shape index (κ3) is 3.44. The third-order valence-electron chi connectivity index (χ3n) is 5.04. The van der Waals surface area contributed by atoms with Crippen LogP contribution in [0.2, 0.25) is 0 Å². The fourth-order valence-electron chi connectivity index (χ4n) is 3.35. The van der Waals surface area contributed by atoms with Gasteiger partial charge in [-0.2, -0.15) is 0 Å². The lowest BCUT2D eigenvalue weighted by Crippen LogP contribution is -2.16. The summed E-state index contributed by atoms with van der Waals surface area (Å²) in [5, 5.41) is 2.29. The first-order valence-corrected chi connectivity index (χ1v) is 9.24. The average Bonchev–Trinajstić information content (AvgIpc) is 2.58. The molecule has 0 spiro atoms. The first kappa shape index (κ1) is 18.4. The van der Waals surface area contributed by atoms with Crippen LogP contribution in [0.25, 0.3) is 21.9 Å². The zero-order chi connectivity index (χ0) is 19.1. The van der Waals surface area contributed by atoms with E-state index in [4.69, 9.17) is 0 Å². The molecule has 3 rings (SSSR count). The Morgan fingerprint density at radius 1 is 0.731 bits per heavy atom. The number of carbonyl (C=O) groups is 1. The normalized spacial score (nSPS) is 12.4. The molecule has 0 aromatic heterocycles. The highest BCUT2D eigenvalue weighted by atomic mass is 16.1. The predicted molar refractivity (Wildman–Crippen MR) is 112 cm³/mol. The lowest BCUT2D eigenvalue weighted by atomic mass is 9.78. The monoisotopic (exact) mass is 344 g/mol. The standard InChI is InChI=1S/C25H28O/c1-24(2,3)20-13-19(14-21(15-20)25(4,5)6)23-18(16-26)12-11-17-9-7-8-10-22(17)23/h7-16H,1-6H3. The lowest BCUT2D eigenvalue weighted by molar-refractivity contribution is 0.112. The van der Waals surface area contributed by atoms with Gasteiger partial charge in [0.1, 0.15) is 0 Å². The van der Waals surface area contributed by atoms with Crippen LogP contribution < -0.4 is 0 Å². The molecule has 0 amide bonds. The smallest absolute Gasteiger partial charge is 0.150 e. The number of rotatable bonds is 2. The van der Waals surface area contributed by atoms with E-state index >= 15 is 0 Å². The zero-order valence-corrected chi connectivity index (χ0v) is 16.7. The Hall–Kier alpha value is -2.41. The SMILES string of the molecule is CC(C)(C)c1cc(-c2c(C=O)ccc3ccccc23)cc(C(C)(C)C)c1. The molecule has 0 aliphatic rings. The zero-order valence-electron chi connectivity index (χ0n) is 16.7.